The average Bonchev–Trinajstić information content (AvgIpc) is 2.72. The lowest BCUT2D eigenvalue weighted by Gasteiger charge is -2.11. The Balaban J connectivity index is 1.99. The van der Waals surface area contributed by atoms with E-state index in [1.807, 2.05) is 24.3 Å². The van der Waals surface area contributed by atoms with E-state index in [4.69, 9.17) is 9.47 Å². The zero-order valence-corrected chi connectivity index (χ0v) is 8.27. The lowest BCUT2D eigenvalue weighted by molar-refractivity contribution is 0.248. The highest BCUT2D eigenvalue weighted by Gasteiger charge is 2.10. The molecule has 14 heavy (non-hydrogen) atoms. The van der Waals surface area contributed by atoms with Crippen molar-refractivity contribution in [3.05, 3.63) is 36.4 Å². The SMILES string of the molecule is COc1ccc(O[C@@H]2C=CCC2)cc1. The summed E-state index contributed by atoms with van der Waals surface area (Å²) in [6, 6.07) is 7.69. The normalized spacial score (nSPS) is 19.6. The van der Waals surface area contributed by atoms with Crippen molar-refractivity contribution in [2.24, 2.45) is 0 Å². The summed E-state index contributed by atoms with van der Waals surface area (Å²) >= 11 is 0. The van der Waals surface area contributed by atoms with E-state index in [0.717, 1.165) is 24.3 Å². The van der Waals surface area contributed by atoms with Gasteiger partial charge in [-0.3, -0.25) is 0 Å². The second-order valence-corrected chi connectivity index (χ2v) is 3.34. The number of methoxy groups -OCH3 is 1. The van der Waals surface area contributed by atoms with Crippen molar-refractivity contribution in [3.8, 4) is 11.5 Å². The number of allylic oxidation sites excluding steroid dienone is 1. The van der Waals surface area contributed by atoms with Crippen LogP contribution in [0.3, 0.4) is 0 Å². The van der Waals surface area contributed by atoms with Gasteiger partial charge in [0.25, 0.3) is 0 Å². The zero-order valence-electron chi connectivity index (χ0n) is 8.27. The molecular formula is C12H14O2. The molecule has 0 saturated heterocycles. The molecule has 0 aliphatic heterocycles. The molecule has 0 N–H and O–H groups in total. The molecule has 74 valence electrons. The fourth-order valence-corrected chi connectivity index (χ4v) is 1.53. The van der Waals surface area contributed by atoms with Crippen LogP contribution in [0.5, 0.6) is 11.5 Å². The van der Waals surface area contributed by atoms with E-state index < -0.39 is 0 Å². The van der Waals surface area contributed by atoms with Gasteiger partial charge in [-0.05, 0) is 43.2 Å². The first-order chi connectivity index (χ1) is 6.88. The molecule has 0 fully saturated rings. The number of ether oxygens (including phenoxy) is 2. The summed E-state index contributed by atoms with van der Waals surface area (Å²) < 4.78 is 10.8. The average molecular weight is 190 g/mol. The summed E-state index contributed by atoms with van der Waals surface area (Å²) in [5.41, 5.74) is 0. The number of benzene rings is 1. The molecule has 0 amide bonds. The Kier molecular flexibility index (Phi) is 2.73. The lowest BCUT2D eigenvalue weighted by Crippen LogP contribution is -2.09. The molecule has 1 aromatic carbocycles. The van der Waals surface area contributed by atoms with Crippen molar-refractivity contribution < 1.29 is 9.47 Å². The van der Waals surface area contributed by atoms with Gasteiger partial charge in [-0.1, -0.05) is 6.08 Å². The van der Waals surface area contributed by atoms with Crippen LogP contribution in [0, 0.1) is 0 Å². The van der Waals surface area contributed by atoms with Crippen LogP contribution >= 0.6 is 0 Å². The molecular weight excluding hydrogens is 176 g/mol. The summed E-state index contributed by atoms with van der Waals surface area (Å²) in [5.74, 6) is 1.77. The van der Waals surface area contributed by atoms with Gasteiger partial charge >= 0.3 is 0 Å². The minimum atomic E-state index is 0.253. The standard InChI is InChI=1S/C12H14O2/c1-13-10-6-8-12(9-7-10)14-11-4-2-3-5-11/h2,4,6-9,11H,3,5H2,1H3/t11-/m1/s1. The Morgan fingerprint density at radius 1 is 1.14 bits per heavy atom. The van der Waals surface area contributed by atoms with Gasteiger partial charge in [-0.25, -0.2) is 0 Å². The maximum absolute atomic E-state index is 5.73. The Bertz CT molecular complexity index is 314. The summed E-state index contributed by atoms with van der Waals surface area (Å²) in [6.07, 6.45) is 6.74. The van der Waals surface area contributed by atoms with E-state index >= 15 is 0 Å². The molecule has 2 nitrogen and oxygen atoms in total. The van der Waals surface area contributed by atoms with Crippen LogP contribution in [-0.2, 0) is 0 Å². The largest absolute Gasteiger partial charge is 0.497 e. The molecule has 1 aliphatic rings. The Morgan fingerprint density at radius 3 is 2.43 bits per heavy atom. The number of hydrogen-bond acceptors (Lipinski definition) is 2. The molecule has 1 atom stereocenters. The summed E-state index contributed by atoms with van der Waals surface area (Å²) in [6.45, 7) is 0. The maximum Gasteiger partial charge on any atom is 0.120 e. The highest BCUT2D eigenvalue weighted by atomic mass is 16.5. The van der Waals surface area contributed by atoms with E-state index in [0.29, 0.717) is 0 Å². The van der Waals surface area contributed by atoms with E-state index in [1.54, 1.807) is 7.11 Å². The molecule has 1 aliphatic carbocycles. The van der Waals surface area contributed by atoms with Crippen LogP contribution in [0.15, 0.2) is 36.4 Å². The summed E-state index contributed by atoms with van der Waals surface area (Å²) in [5, 5.41) is 0. The molecule has 0 spiro atoms. The molecule has 0 unspecified atom stereocenters. The maximum atomic E-state index is 5.73. The Hall–Kier alpha value is -1.44. The molecule has 0 saturated carbocycles. The smallest absolute Gasteiger partial charge is 0.120 e. The predicted octanol–water partition coefficient (Wildman–Crippen LogP) is 2.79. The monoisotopic (exact) mass is 190 g/mol. The van der Waals surface area contributed by atoms with Gasteiger partial charge in [0, 0.05) is 0 Å². The van der Waals surface area contributed by atoms with Gasteiger partial charge in [-0.15, -0.1) is 0 Å². The van der Waals surface area contributed by atoms with Gasteiger partial charge in [0.05, 0.1) is 7.11 Å². The van der Waals surface area contributed by atoms with Crippen LogP contribution in [-0.4, -0.2) is 13.2 Å². The fraction of sp³-hybridized carbons (Fsp3) is 0.333. The molecule has 0 radical (unpaired) electrons. The molecule has 0 heterocycles. The molecule has 1 aromatic rings. The van der Waals surface area contributed by atoms with E-state index in [1.165, 1.54) is 0 Å². The quantitative estimate of drug-likeness (QED) is 0.682. The van der Waals surface area contributed by atoms with Crippen LogP contribution < -0.4 is 9.47 Å². The van der Waals surface area contributed by atoms with E-state index in [9.17, 15) is 0 Å². The topological polar surface area (TPSA) is 18.5 Å². The second kappa shape index (κ2) is 4.18. The number of hydrogen-bond donors (Lipinski definition) is 0. The van der Waals surface area contributed by atoms with E-state index in [2.05, 4.69) is 12.2 Å². The van der Waals surface area contributed by atoms with Crippen molar-refractivity contribution in [2.75, 3.05) is 7.11 Å². The van der Waals surface area contributed by atoms with Crippen molar-refractivity contribution in [2.45, 2.75) is 18.9 Å². The van der Waals surface area contributed by atoms with E-state index in [-0.39, 0.29) is 6.10 Å². The van der Waals surface area contributed by atoms with Crippen LogP contribution in [0.4, 0.5) is 0 Å². The third-order valence-electron chi connectivity index (χ3n) is 2.32. The van der Waals surface area contributed by atoms with Gasteiger partial charge < -0.3 is 9.47 Å². The van der Waals surface area contributed by atoms with Gasteiger partial charge in [0.15, 0.2) is 0 Å². The Morgan fingerprint density at radius 2 is 1.86 bits per heavy atom. The molecule has 2 heteroatoms. The fourth-order valence-electron chi connectivity index (χ4n) is 1.53. The van der Waals surface area contributed by atoms with Gasteiger partial charge in [0.1, 0.15) is 17.6 Å². The number of rotatable bonds is 3. The summed E-state index contributed by atoms with van der Waals surface area (Å²) in [4.78, 5) is 0. The van der Waals surface area contributed by atoms with Crippen molar-refractivity contribution in [3.63, 3.8) is 0 Å². The van der Waals surface area contributed by atoms with Crippen LogP contribution in [0.1, 0.15) is 12.8 Å². The van der Waals surface area contributed by atoms with Crippen LogP contribution in [0.25, 0.3) is 0 Å². The van der Waals surface area contributed by atoms with Crippen molar-refractivity contribution >= 4 is 0 Å². The molecule has 0 aromatic heterocycles. The molecule has 0 bridgehead atoms. The molecule has 2 rings (SSSR count). The third-order valence-corrected chi connectivity index (χ3v) is 2.32. The zero-order chi connectivity index (χ0) is 9.80. The van der Waals surface area contributed by atoms with Crippen molar-refractivity contribution in [1.29, 1.82) is 0 Å². The van der Waals surface area contributed by atoms with Crippen molar-refractivity contribution in [1.82, 2.24) is 0 Å². The highest BCUT2D eigenvalue weighted by molar-refractivity contribution is 5.31. The predicted molar refractivity (Wildman–Crippen MR) is 55.8 cm³/mol. The lowest BCUT2D eigenvalue weighted by atomic mass is 10.3. The summed E-state index contributed by atoms with van der Waals surface area (Å²) in [7, 11) is 1.66. The van der Waals surface area contributed by atoms with Gasteiger partial charge in [0.2, 0.25) is 0 Å². The first-order valence-corrected chi connectivity index (χ1v) is 4.86. The second-order valence-electron chi connectivity index (χ2n) is 3.34. The third kappa shape index (κ3) is 2.08. The van der Waals surface area contributed by atoms with Gasteiger partial charge in [-0.2, -0.15) is 0 Å². The first-order valence-electron chi connectivity index (χ1n) is 4.86. The van der Waals surface area contributed by atoms with Crippen LogP contribution in [0.2, 0.25) is 0 Å². The minimum Gasteiger partial charge on any atom is -0.497 e. The Labute approximate surface area is 84.2 Å². The minimum absolute atomic E-state index is 0.253. The highest BCUT2D eigenvalue weighted by Crippen LogP contribution is 2.21. The first kappa shape index (κ1) is 9.13.